The summed E-state index contributed by atoms with van der Waals surface area (Å²) >= 11 is 0. The highest BCUT2D eigenvalue weighted by Gasteiger charge is 2.78. The van der Waals surface area contributed by atoms with Gasteiger partial charge in [-0.05, 0) is 37.7 Å². The molecule has 176 valence electrons. The van der Waals surface area contributed by atoms with Crippen LogP contribution in [0.25, 0.3) is 0 Å². The summed E-state index contributed by atoms with van der Waals surface area (Å²) in [6.07, 6.45) is -0.136. The first-order valence-corrected chi connectivity index (χ1v) is 11.1. The van der Waals surface area contributed by atoms with Crippen molar-refractivity contribution in [3.8, 4) is 0 Å². The molecule has 1 aromatic heterocycles. The van der Waals surface area contributed by atoms with Crippen molar-refractivity contribution < 1.29 is 38.5 Å². The fourth-order valence-electron chi connectivity index (χ4n) is 7.01. The smallest absolute Gasteiger partial charge is 0.303 e. The van der Waals surface area contributed by atoms with Gasteiger partial charge in [0, 0.05) is 38.2 Å². The molecule has 0 aromatic carbocycles. The molecule has 1 aromatic rings. The summed E-state index contributed by atoms with van der Waals surface area (Å²) in [4.78, 5) is 38.0. The minimum absolute atomic E-state index is 0.168. The lowest BCUT2D eigenvalue weighted by atomic mass is 9.39. The highest BCUT2D eigenvalue weighted by Crippen LogP contribution is 2.67. The van der Waals surface area contributed by atoms with Gasteiger partial charge in [0.05, 0.1) is 17.3 Å². The van der Waals surface area contributed by atoms with Gasteiger partial charge >= 0.3 is 11.9 Å². The van der Waals surface area contributed by atoms with Crippen LogP contribution in [0.15, 0.2) is 16.7 Å². The molecule has 7 atom stereocenters. The van der Waals surface area contributed by atoms with Crippen LogP contribution in [0.5, 0.6) is 0 Å². The molecule has 8 nitrogen and oxygen atoms in total. The van der Waals surface area contributed by atoms with Gasteiger partial charge < -0.3 is 24.1 Å². The molecule has 3 aliphatic carbocycles. The van der Waals surface area contributed by atoms with E-state index in [9.17, 15) is 24.6 Å². The second-order valence-electron chi connectivity index (χ2n) is 10.6. The molecular formula is C24H32O8. The third-order valence-corrected chi connectivity index (χ3v) is 8.56. The number of hydrogen-bond acceptors (Lipinski definition) is 8. The van der Waals surface area contributed by atoms with Crippen molar-refractivity contribution in [2.75, 3.05) is 0 Å². The van der Waals surface area contributed by atoms with Crippen LogP contribution in [0.3, 0.4) is 0 Å². The lowest BCUT2D eigenvalue weighted by Gasteiger charge is -2.68. The number of Topliss-reactive ketones (excluding diaryl/α,β-unsaturated/α-hetero) is 1. The van der Waals surface area contributed by atoms with Gasteiger partial charge in [-0.2, -0.15) is 0 Å². The third-order valence-electron chi connectivity index (χ3n) is 8.56. The number of carbonyl (C=O) groups excluding carboxylic acids is 3. The summed E-state index contributed by atoms with van der Waals surface area (Å²) in [6.45, 7) is 9.39. The topological polar surface area (TPSA) is 123 Å². The van der Waals surface area contributed by atoms with E-state index in [1.165, 1.54) is 20.1 Å². The Bertz CT molecular complexity index is 974. The Hall–Kier alpha value is -2.19. The van der Waals surface area contributed by atoms with Gasteiger partial charge in [-0.3, -0.25) is 14.4 Å². The zero-order valence-corrected chi connectivity index (χ0v) is 19.4. The number of fused-ring (bicyclic) bond motifs is 4. The van der Waals surface area contributed by atoms with Crippen LogP contribution in [-0.2, 0) is 35.9 Å². The molecule has 3 aliphatic rings. The summed E-state index contributed by atoms with van der Waals surface area (Å²) in [5.74, 6) is -2.38. The summed E-state index contributed by atoms with van der Waals surface area (Å²) < 4.78 is 17.0. The molecule has 4 rings (SSSR count). The zero-order valence-electron chi connectivity index (χ0n) is 19.4. The van der Waals surface area contributed by atoms with Crippen LogP contribution < -0.4 is 0 Å². The van der Waals surface area contributed by atoms with Gasteiger partial charge in [-0.1, -0.05) is 13.8 Å². The molecule has 0 spiro atoms. The standard InChI is InChI=1S/C24H32O8/c1-12(25)31-19-18-15(11-16-14(8-10-30-16)23(18,6)28)22(5)17(27)7-9-21(3,4)24(22,29)20(19)32-13(2)26/h8,10,15,18-20,28-29H,7,9,11H2,1-6H3/t15-,18-,19+,20-,22+,23+,24-/m1/s1. The third kappa shape index (κ3) is 2.71. The molecule has 0 aliphatic heterocycles. The Morgan fingerprint density at radius 2 is 1.72 bits per heavy atom. The lowest BCUT2D eigenvalue weighted by Crippen LogP contribution is -2.80. The number of aliphatic hydroxyl groups is 2. The van der Waals surface area contributed by atoms with Crippen LogP contribution >= 0.6 is 0 Å². The average molecular weight is 449 g/mol. The predicted molar refractivity (Wildman–Crippen MR) is 111 cm³/mol. The van der Waals surface area contributed by atoms with E-state index in [4.69, 9.17) is 13.9 Å². The SMILES string of the molecule is CC(=O)O[C@H]1[C@H]2[C@@H](Cc3occc3[C@]2(C)O)[C@@]2(C)C(=O)CCC(C)(C)[C@]2(O)[C@@H]1OC(C)=O. The minimum atomic E-state index is -1.84. The van der Waals surface area contributed by atoms with Crippen LogP contribution in [0.1, 0.15) is 65.7 Å². The molecule has 2 N–H and O–H groups in total. The first-order chi connectivity index (χ1) is 14.7. The quantitative estimate of drug-likeness (QED) is 0.661. The molecule has 2 saturated carbocycles. The molecule has 0 radical (unpaired) electrons. The van der Waals surface area contributed by atoms with Gasteiger partial charge in [-0.15, -0.1) is 0 Å². The van der Waals surface area contributed by atoms with Crippen LogP contribution in [0.4, 0.5) is 0 Å². The van der Waals surface area contributed by atoms with Gasteiger partial charge in [0.25, 0.3) is 0 Å². The first kappa shape index (κ1) is 23.0. The molecule has 0 amide bonds. The highest BCUT2D eigenvalue weighted by molar-refractivity contribution is 5.88. The van der Waals surface area contributed by atoms with Crippen molar-refractivity contribution in [2.24, 2.45) is 22.7 Å². The van der Waals surface area contributed by atoms with E-state index >= 15 is 0 Å². The van der Waals surface area contributed by atoms with Crippen LogP contribution in [0, 0.1) is 22.7 Å². The maximum Gasteiger partial charge on any atom is 0.303 e. The maximum atomic E-state index is 13.6. The number of carbonyl (C=O) groups is 3. The van der Waals surface area contributed by atoms with Crippen molar-refractivity contribution in [3.05, 3.63) is 23.7 Å². The van der Waals surface area contributed by atoms with Gasteiger partial charge in [0.1, 0.15) is 23.2 Å². The number of rotatable bonds is 2. The van der Waals surface area contributed by atoms with E-state index in [0.29, 0.717) is 17.7 Å². The zero-order chi connectivity index (χ0) is 23.9. The molecule has 0 bridgehead atoms. The van der Waals surface area contributed by atoms with E-state index in [-0.39, 0.29) is 18.6 Å². The van der Waals surface area contributed by atoms with Crippen molar-refractivity contribution >= 4 is 17.7 Å². The van der Waals surface area contributed by atoms with E-state index in [2.05, 4.69) is 0 Å². The summed E-state index contributed by atoms with van der Waals surface area (Å²) in [7, 11) is 0. The van der Waals surface area contributed by atoms with Crippen molar-refractivity contribution in [1.82, 2.24) is 0 Å². The summed E-state index contributed by atoms with van der Waals surface area (Å²) in [6, 6.07) is 1.66. The van der Waals surface area contributed by atoms with E-state index in [1.54, 1.807) is 19.9 Å². The largest absolute Gasteiger partial charge is 0.469 e. The summed E-state index contributed by atoms with van der Waals surface area (Å²) in [5.41, 5.74) is -5.11. The maximum absolute atomic E-state index is 13.6. The van der Waals surface area contributed by atoms with Crippen LogP contribution in [-0.4, -0.2) is 45.7 Å². The van der Waals surface area contributed by atoms with E-state index < -0.39 is 58.0 Å². The Morgan fingerprint density at radius 3 is 2.31 bits per heavy atom. The van der Waals surface area contributed by atoms with Crippen molar-refractivity contribution in [1.29, 1.82) is 0 Å². The Balaban J connectivity index is 2.04. The fraction of sp³-hybridized carbons (Fsp3) is 0.708. The number of ether oxygens (including phenoxy) is 2. The highest BCUT2D eigenvalue weighted by atomic mass is 16.6. The van der Waals surface area contributed by atoms with Gasteiger partial charge in [0.2, 0.25) is 0 Å². The number of furan rings is 1. The minimum Gasteiger partial charge on any atom is -0.469 e. The molecular weight excluding hydrogens is 416 g/mol. The summed E-state index contributed by atoms with van der Waals surface area (Å²) in [5, 5.41) is 24.2. The lowest BCUT2D eigenvalue weighted by molar-refractivity contribution is -0.317. The number of hydrogen-bond donors (Lipinski definition) is 2. The van der Waals surface area contributed by atoms with Crippen LogP contribution in [0.2, 0.25) is 0 Å². The Kier molecular flexibility index (Phi) is 4.96. The monoisotopic (exact) mass is 448 g/mol. The van der Waals surface area contributed by atoms with Gasteiger partial charge in [-0.25, -0.2) is 0 Å². The first-order valence-electron chi connectivity index (χ1n) is 11.1. The Labute approximate surface area is 187 Å². The molecule has 2 fully saturated rings. The number of esters is 2. The second-order valence-corrected chi connectivity index (χ2v) is 10.6. The average Bonchev–Trinajstić information content (AvgIpc) is 3.15. The molecule has 8 heteroatoms. The molecule has 32 heavy (non-hydrogen) atoms. The second kappa shape index (κ2) is 6.90. The molecule has 0 unspecified atom stereocenters. The van der Waals surface area contributed by atoms with E-state index in [1.807, 2.05) is 13.8 Å². The normalized spacial score (nSPS) is 42.3. The predicted octanol–water partition coefficient (Wildman–Crippen LogP) is 2.28. The van der Waals surface area contributed by atoms with Crippen molar-refractivity contribution in [2.45, 2.75) is 84.2 Å². The Morgan fingerprint density at radius 1 is 1.09 bits per heavy atom. The fourth-order valence-corrected chi connectivity index (χ4v) is 7.01. The number of ketones is 1. The molecule has 0 saturated heterocycles. The van der Waals surface area contributed by atoms with Gasteiger partial charge in [0.15, 0.2) is 6.10 Å². The van der Waals surface area contributed by atoms with Crippen molar-refractivity contribution in [3.63, 3.8) is 0 Å². The molecule has 1 heterocycles. The van der Waals surface area contributed by atoms with E-state index in [0.717, 1.165) is 0 Å².